The summed E-state index contributed by atoms with van der Waals surface area (Å²) in [5, 5.41) is 4.48. The largest absolute Gasteiger partial charge is 0.464 e. The molecule has 0 saturated heterocycles. The van der Waals surface area contributed by atoms with Gasteiger partial charge in [-0.25, -0.2) is 4.79 Å². The van der Waals surface area contributed by atoms with E-state index < -0.39 is 6.04 Å². The smallest absolute Gasteiger partial charge is 0.328 e. The highest BCUT2D eigenvalue weighted by Gasteiger charge is 2.18. The van der Waals surface area contributed by atoms with Crippen molar-refractivity contribution in [3.8, 4) is 0 Å². The third-order valence-corrected chi connectivity index (χ3v) is 4.06. The maximum absolute atomic E-state index is 11.8. The molecule has 0 aliphatic rings. The fraction of sp³-hybridized carbons (Fsp3) is 0.625. The summed E-state index contributed by atoms with van der Waals surface area (Å²) < 4.78 is 5.18. The van der Waals surface area contributed by atoms with Gasteiger partial charge in [0.05, 0.1) is 11.5 Å². The Labute approximate surface area is 130 Å². The molecule has 1 aromatic heterocycles. The molecular weight excluding hydrogens is 286 g/mol. The molecule has 21 heavy (non-hydrogen) atoms. The molecule has 4 nitrogen and oxygen atoms in total. The lowest BCUT2D eigenvalue weighted by atomic mass is 10.1. The first-order valence-corrected chi connectivity index (χ1v) is 8.54. The molecule has 5 heteroatoms. The SMILES string of the molecule is CCCCCCCCOC(=O)[C@H](C)NC(=O)c1cccs1. The van der Waals surface area contributed by atoms with Gasteiger partial charge >= 0.3 is 5.97 Å². The van der Waals surface area contributed by atoms with Gasteiger partial charge in [0, 0.05) is 0 Å². The third-order valence-electron chi connectivity index (χ3n) is 3.19. The van der Waals surface area contributed by atoms with E-state index in [9.17, 15) is 9.59 Å². The van der Waals surface area contributed by atoms with Crippen molar-refractivity contribution in [3.05, 3.63) is 22.4 Å². The molecule has 0 bridgehead atoms. The van der Waals surface area contributed by atoms with Crippen LogP contribution >= 0.6 is 11.3 Å². The molecule has 0 fully saturated rings. The molecule has 0 radical (unpaired) electrons. The second kappa shape index (κ2) is 10.4. The van der Waals surface area contributed by atoms with Gasteiger partial charge in [0.1, 0.15) is 6.04 Å². The molecule has 0 aromatic carbocycles. The van der Waals surface area contributed by atoms with Crippen LogP contribution in [0.1, 0.15) is 62.0 Å². The summed E-state index contributed by atoms with van der Waals surface area (Å²) in [5.74, 6) is -0.595. The van der Waals surface area contributed by atoms with Gasteiger partial charge < -0.3 is 10.1 Å². The Kier molecular flexibility index (Phi) is 8.74. The molecule has 0 aliphatic heterocycles. The highest BCUT2D eigenvalue weighted by molar-refractivity contribution is 7.12. The molecule has 0 saturated carbocycles. The van der Waals surface area contributed by atoms with Gasteiger partial charge in [0.2, 0.25) is 0 Å². The first-order chi connectivity index (χ1) is 10.1. The van der Waals surface area contributed by atoms with Crippen molar-refractivity contribution in [1.82, 2.24) is 5.32 Å². The average molecular weight is 311 g/mol. The number of nitrogens with one attached hydrogen (secondary N) is 1. The minimum atomic E-state index is -0.611. The Bertz CT molecular complexity index is 417. The monoisotopic (exact) mass is 311 g/mol. The van der Waals surface area contributed by atoms with Crippen molar-refractivity contribution in [2.45, 2.75) is 58.4 Å². The number of esters is 1. The summed E-state index contributed by atoms with van der Waals surface area (Å²) in [4.78, 5) is 24.1. The van der Waals surface area contributed by atoms with Crippen LogP contribution in [0.2, 0.25) is 0 Å². The number of amides is 1. The van der Waals surface area contributed by atoms with E-state index in [4.69, 9.17) is 4.74 Å². The summed E-state index contributed by atoms with van der Waals surface area (Å²) in [7, 11) is 0. The lowest BCUT2D eigenvalue weighted by Gasteiger charge is -2.12. The Morgan fingerprint density at radius 2 is 1.95 bits per heavy atom. The number of ether oxygens (including phenoxy) is 1. The van der Waals surface area contributed by atoms with E-state index >= 15 is 0 Å². The van der Waals surface area contributed by atoms with Crippen LogP contribution in [0, 0.1) is 0 Å². The molecule has 0 aliphatic carbocycles. The van der Waals surface area contributed by atoms with E-state index in [-0.39, 0.29) is 11.9 Å². The van der Waals surface area contributed by atoms with Crippen LogP contribution < -0.4 is 5.32 Å². The van der Waals surface area contributed by atoms with Crippen LogP contribution in [0.25, 0.3) is 0 Å². The number of carbonyl (C=O) groups excluding carboxylic acids is 2. The predicted molar refractivity (Wildman–Crippen MR) is 85.6 cm³/mol. The van der Waals surface area contributed by atoms with Crippen molar-refractivity contribution in [3.63, 3.8) is 0 Å². The highest BCUT2D eigenvalue weighted by atomic mass is 32.1. The van der Waals surface area contributed by atoms with Gasteiger partial charge in [-0.1, -0.05) is 45.1 Å². The predicted octanol–water partition coefficient (Wildman–Crippen LogP) is 3.77. The first-order valence-electron chi connectivity index (χ1n) is 7.66. The average Bonchev–Trinajstić information content (AvgIpc) is 3.00. The minimum Gasteiger partial charge on any atom is -0.464 e. The number of rotatable bonds is 10. The molecule has 1 N–H and O–H groups in total. The zero-order valence-electron chi connectivity index (χ0n) is 12.9. The van der Waals surface area contributed by atoms with Gasteiger partial charge in [-0.3, -0.25) is 4.79 Å². The molecule has 0 spiro atoms. The Hall–Kier alpha value is -1.36. The zero-order chi connectivity index (χ0) is 15.5. The van der Waals surface area contributed by atoms with Crippen LogP contribution in [-0.4, -0.2) is 24.5 Å². The first kappa shape index (κ1) is 17.7. The van der Waals surface area contributed by atoms with Crippen LogP contribution in [0.3, 0.4) is 0 Å². The lowest BCUT2D eigenvalue weighted by molar-refractivity contribution is -0.145. The molecule has 1 aromatic rings. The highest BCUT2D eigenvalue weighted by Crippen LogP contribution is 2.08. The molecular formula is C16H25NO3S. The van der Waals surface area contributed by atoms with Gasteiger partial charge in [0.25, 0.3) is 5.91 Å². The molecule has 1 heterocycles. The summed E-state index contributed by atoms with van der Waals surface area (Å²) in [6.45, 7) is 4.27. The zero-order valence-corrected chi connectivity index (χ0v) is 13.7. The second-order valence-electron chi connectivity index (χ2n) is 5.11. The quantitative estimate of drug-likeness (QED) is 0.528. The fourth-order valence-corrected chi connectivity index (χ4v) is 2.54. The van der Waals surface area contributed by atoms with Crippen LogP contribution in [0.15, 0.2) is 17.5 Å². The second-order valence-corrected chi connectivity index (χ2v) is 6.06. The van der Waals surface area contributed by atoms with Crippen LogP contribution in [0.5, 0.6) is 0 Å². The van der Waals surface area contributed by atoms with Crippen molar-refractivity contribution in [1.29, 1.82) is 0 Å². The van der Waals surface area contributed by atoms with E-state index in [0.717, 1.165) is 12.8 Å². The number of hydrogen-bond acceptors (Lipinski definition) is 4. The van der Waals surface area contributed by atoms with E-state index in [1.165, 1.54) is 37.0 Å². The molecule has 118 valence electrons. The van der Waals surface area contributed by atoms with Gasteiger partial charge in [-0.15, -0.1) is 11.3 Å². The number of thiophene rings is 1. The van der Waals surface area contributed by atoms with E-state index in [1.807, 2.05) is 5.38 Å². The Morgan fingerprint density at radius 3 is 2.62 bits per heavy atom. The van der Waals surface area contributed by atoms with Crippen molar-refractivity contribution < 1.29 is 14.3 Å². The van der Waals surface area contributed by atoms with Crippen LogP contribution in [0.4, 0.5) is 0 Å². The van der Waals surface area contributed by atoms with Crippen molar-refractivity contribution >= 4 is 23.2 Å². The number of hydrogen-bond donors (Lipinski definition) is 1. The Morgan fingerprint density at radius 1 is 1.24 bits per heavy atom. The maximum Gasteiger partial charge on any atom is 0.328 e. The molecule has 1 amide bonds. The molecule has 1 atom stereocenters. The molecule has 1 rings (SSSR count). The number of carbonyl (C=O) groups is 2. The van der Waals surface area contributed by atoms with Gasteiger partial charge in [0.15, 0.2) is 0 Å². The topological polar surface area (TPSA) is 55.4 Å². The lowest BCUT2D eigenvalue weighted by Crippen LogP contribution is -2.39. The van der Waals surface area contributed by atoms with Gasteiger partial charge in [-0.2, -0.15) is 0 Å². The summed E-state index contributed by atoms with van der Waals surface area (Å²) in [6, 6.07) is 2.93. The molecule has 0 unspecified atom stereocenters. The maximum atomic E-state index is 11.8. The summed E-state index contributed by atoms with van der Waals surface area (Å²) in [5.41, 5.74) is 0. The fourth-order valence-electron chi connectivity index (χ4n) is 1.91. The van der Waals surface area contributed by atoms with Crippen molar-refractivity contribution in [2.24, 2.45) is 0 Å². The standard InChI is InChI=1S/C16H25NO3S/c1-3-4-5-6-7-8-11-20-16(19)13(2)17-15(18)14-10-9-12-21-14/h9-10,12-13H,3-8,11H2,1-2H3,(H,17,18)/t13-/m0/s1. The minimum absolute atomic E-state index is 0.228. The summed E-state index contributed by atoms with van der Waals surface area (Å²) >= 11 is 1.35. The van der Waals surface area contributed by atoms with Crippen LogP contribution in [-0.2, 0) is 9.53 Å². The van der Waals surface area contributed by atoms with Crippen molar-refractivity contribution in [2.75, 3.05) is 6.61 Å². The number of unbranched alkanes of at least 4 members (excludes halogenated alkanes) is 5. The van der Waals surface area contributed by atoms with E-state index in [1.54, 1.807) is 19.1 Å². The Balaban J connectivity index is 2.12. The summed E-state index contributed by atoms with van der Waals surface area (Å²) in [6.07, 6.45) is 6.92. The van der Waals surface area contributed by atoms with E-state index in [2.05, 4.69) is 12.2 Å². The van der Waals surface area contributed by atoms with E-state index in [0.29, 0.717) is 11.5 Å². The third kappa shape index (κ3) is 7.27. The normalized spacial score (nSPS) is 11.9. The van der Waals surface area contributed by atoms with Gasteiger partial charge in [-0.05, 0) is 24.8 Å².